The number of benzene rings is 3. The summed E-state index contributed by atoms with van der Waals surface area (Å²) in [7, 11) is 1.53. The van der Waals surface area contributed by atoms with E-state index in [4.69, 9.17) is 26.2 Å². The molecule has 5 nitrogen and oxygen atoms in total. The summed E-state index contributed by atoms with van der Waals surface area (Å²) < 4.78 is 12.0. The SMILES string of the molecule is COc1cc(C=C(C#N)c2ccccc2Cl)cc(Br)c1OCc1ccc(C(=O)O)cc1. The Kier molecular flexibility index (Phi) is 7.35. The number of nitrogens with zero attached hydrogens (tertiary/aromatic N) is 1. The van der Waals surface area contributed by atoms with E-state index in [1.54, 1.807) is 36.4 Å². The van der Waals surface area contributed by atoms with E-state index in [9.17, 15) is 10.1 Å². The van der Waals surface area contributed by atoms with Crippen molar-refractivity contribution < 1.29 is 19.4 Å². The highest BCUT2D eigenvalue weighted by molar-refractivity contribution is 9.10. The van der Waals surface area contributed by atoms with Gasteiger partial charge in [-0.05, 0) is 63.5 Å². The Bertz CT molecular complexity index is 1180. The van der Waals surface area contributed by atoms with Crippen LogP contribution in [-0.2, 0) is 6.61 Å². The van der Waals surface area contributed by atoms with Crippen molar-refractivity contribution in [3.05, 3.63) is 92.4 Å². The van der Waals surface area contributed by atoms with Crippen molar-refractivity contribution in [2.45, 2.75) is 6.61 Å². The maximum atomic E-state index is 11.0. The molecule has 0 saturated heterocycles. The van der Waals surface area contributed by atoms with Gasteiger partial charge in [0.05, 0.1) is 28.8 Å². The van der Waals surface area contributed by atoms with Gasteiger partial charge in [-0.2, -0.15) is 5.26 Å². The number of methoxy groups -OCH3 is 1. The first-order chi connectivity index (χ1) is 14.9. The molecule has 31 heavy (non-hydrogen) atoms. The molecule has 0 amide bonds. The Balaban J connectivity index is 1.87. The van der Waals surface area contributed by atoms with Crippen LogP contribution in [0.25, 0.3) is 11.6 Å². The Morgan fingerprint density at radius 2 is 1.90 bits per heavy atom. The molecule has 0 spiro atoms. The number of carboxylic acid groups (broad SMARTS) is 1. The molecule has 0 aliphatic heterocycles. The van der Waals surface area contributed by atoms with Gasteiger partial charge in [0.15, 0.2) is 11.5 Å². The molecule has 1 N–H and O–H groups in total. The van der Waals surface area contributed by atoms with E-state index in [1.165, 1.54) is 19.2 Å². The van der Waals surface area contributed by atoms with E-state index >= 15 is 0 Å². The van der Waals surface area contributed by atoms with Gasteiger partial charge in [0.1, 0.15) is 6.61 Å². The Morgan fingerprint density at radius 1 is 1.19 bits per heavy atom. The summed E-state index contributed by atoms with van der Waals surface area (Å²) >= 11 is 9.73. The fraction of sp³-hybridized carbons (Fsp3) is 0.0833. The van der Waals surface area contributed by atoms with Crippen LogP contribution in [0.15, 0.2) is 65.1 Å². The van der Waals surface area contributed by atoms with Crippen molar-refractivity contribution in [2.24, 2.45) is 0 Å². The number of halogens is 2. The molecule has 0 aromatic heterocycles. The monoisotopic (exact) mass is 497 g/mol. The highest BCUT2D eigenvalue weighted by atomic mass is 79.9. The lowest BCUT2D eigenvalue weighted by Crippen LogP contribution is -2.01. The van der Waals surface area contributed by atoms with Gasteiger partial charge in [-0.1, -0.05) is 41.9 Å². The third-order valence-electron chi connectivity index (χ3n) is 4.43. The second-order valence-corrected chi connectivity index (χ2v) is 7.74. The van der Waals surface area contributed by atoms with Crippen LogP contribution in [0, 0.1) is 11.3 Å². The summed E-state index contributed by atoms with van der Waals surface area (Å²) in [6.45, 7) is 0.229. The van der Waals surface area contributed by atoms with Crippen LogP contribution in [0.5, 0.6) is 11.5 Å². The zero-order valence-corrected chi connectivity index (χ0v) is 18.8. The Morgan fingerprint density at radius 3 is 2.52 bits per heavy atom. The van der Waals surface area contributed by atoms with Gasteiger partial charge in [0, 0.05) is 10.6 Å². The average molecular weight is 499 g/mol. The molecule has 0 aliphatic carbocycles. The van der Waals surface area contributed by atoms with E-state index in [1.807, 2.05) is 18.2 Å². The number of aromatic carboxylic acids is 1. The van der Waals surface area contributed by atoms with Crippen molar-refractivity contribution in [3.8, 4) is 17.6 Å². The van der Waals surface area contributed by atoms with E-state index < -0.39 is 5.97 Å². The molecule has 156 valence electrons. The predicted octanol–water partition coefficient (Wildman–Crippen LogP) is 6.45. The first-order valence-corrected chi connectivity index (χ1v) is 10.3. The molecule has 0 heterocycles. The minimum absolute atomic E-state index is 0.213. The number of carboxylic acids is 1. The second-order valence-electron chi connectivity index (χ2n) is 6.47. The number of nitriles is 1. The van der Waals surface area contributed by atoms with Gasteiger partial charge in [0.25, 0.3) is 0 Å². The van der Waals surface area contributed by atoms with Gasteiger partial charge in [0.2, 0.25) is 0 Å². The van der Waals surface area contributed by atoms with Crippen molar-refractivity contribution in [3.63, 3.8) is 0 Å². The van der Waals surface area contributed by atoms with Crippen molar-refractivity contribution in [1.29, 1.82) is 5.26 Å². The first kappa shape index (κ1) is 22.4. The zero-order valence-electron chi connectivity index (χ0n) is 16.4. The Labute approximate surface area is 193 Å². The molecular weight excluding hydrogens is 482 g/mol. The second kappa shape index (κ2) is 10.2. The number of rotatable bonds is 7. The summed E-state index contributed by atoms with van der Waals surface area (Å²) in [4.78, 5) is 11.0. The lowest BCUT2D eigenvalue weighted by molar-refractivity contribution is 0.0697. The molecule has 3 aromatic carbocycles. The third-order valence-corrected chi connectivity index (χ3v) is 5.35. The fourth-order valence-corrected chi connectivity index (χ4v) is 3.69. The van der Waals surface area contributed by atoms with Gasteiger partial charge in [-0.3, -0.25) is 0 Å². The summed E-state index contributed by atoms with van der Waals surface area (Å²) in [6.07, 6.45) is 1.73. The summed E-state index contributed by atoms with van der Waals surface area (Å²) in [5, 5.41) is 19.1. The van der Waals surface area contributed by atoms with Crippen molar-refractivity contribution in [1.82, 2.24) is 0 Å². The number of allylic oxidation sites excluding steroid dienone is 1. The molecule has 0 atom stereocenters. The lowest BCUT2D eigenvalue weighted by Gasteiger charge is -2.14. The maximum absolute atomic E-state index is 11.0. The largest absolute Gasteiger partial charge is 0.493 e. The molecule has 0 saturated carbocycles. The minimum atomic E-state index is -0.978. The maximum Gasteiger partial charge on any atom is 0.335 e. The van der Waals surface area contributed by atoms with E-state index in [0.29, 0.717) is 32.1 Å². The standard InChI is InChI=1S/C24H17BrClNO4/c1-30-22-12-16(10-18(13-27)19-4-2-3-5-21(19)26)11-20(25)23(22)31-14-15-6-8-17(9-7-15)24(28)29/h2-12H,14H2,1H3,(H,28,29). The van der Waals surface area contributed by atoms with Crippen molar-refractivity contribution in [2.75, 3.05) is 7.11 Å². The quantitative estimate of drug-likeness (QED) is 0.299. The normalized spacial score (nSPS) is 11.0. The number of hydrogen-bond donors (Lipinski definition) is 1. The summed E-state index contributed by atoms with van der Waals surface area (Å²) in [6, 6.07) is 19.4. The Hall–Kier alpha value is -3.27. The molecule has 0 fully saturated rings. The molecule has 0 bridgehead atoms. The van der Waals surface area contributed by atoms with Gasteiger partial charge >= 0.3 is 5.97 Å². The van der Waals surface area contributed by atoms with Crippen LogP contribution < -0.4 is 9.47 Å². The van der Waals surface area contributed by atoms with E-state index in [2.05, 4.69) is 22.0 Å². The molecule has 0 radical (unpaired) electrons. The third kappa shape index (κ3) is 5.46. The predicted molar refractivity (Wildman–Crippen MR) is 123 cm³/mol. The highest BCUT2D eigenvalue weighted by Gasteiger charge is 2.13. The molecule has 0 unspecified atom stereocenters. The van der Waals surface area contributed by atoms with E-state index in [-0.39, 0.29) is 12.2 Å². The number of hydrogen-bond acceptors (Lipinski definition) is 4. The van der Waals surface area contributed by atoms with Crippen LogP contribution in [0.4, 0.5) is 0 Å². The van der Waals surface area contributed by atoms with Gasteiger partial charge in [-0.25, -0.2) is 4.79 Å². The van der Waals surface area contributed by atoms with E-state index in [0.717, 1.165) is 11.1 Å². The van der Waals surface area contributed by atoms with Crippen molar-refractivity contribution >= 4 is 45.1 Å². The number of carbonyl (C=O) groups is 1. The molecule has 7 heteroatoms. The smallest absolute Gasteiger partial charge is 0.335 e. The average Bonchev–Trinajstić information content (AvgIpc) is 2.77. The van der Waals surface area contributed by atoms with Gasteiger partial charge in [-0.15, -0.1) is 0 Å². The fourth-order valence-electron chi connectivity index (χ4n) is 2.88. The molecule has 3 aromatic rings. The highest BCUT2D eigenvalue weighted by Crippen LogP contribution is 2.38. The first-order valence-electron chi connectivity index (χ1n) is 9.12. The lowest BCUT2D eigenvalue weighted by atomic mass is 10.0. The zero-order chi connectivity index (χ0) is 22.4. The van der Waals surface area contributed by atoms with Crippen LogP contribution in [0.1, 0.15) is 27.0 Å². The van der Waals surface area contributed by atoms with Crippen LogP contribution in [-0.4, -0.2) is 18.2 Å². The van der Waals surface area contributed by atoms with Crippen LogP contribution in [0.2, 0.25) is 5.02 Å². The molecular formula is C24H17BrClNO4. The van der Waals surface area contributed by atoms with Gasteiger partial charge < -0.3 is 14.6 Å². The van der Waals surface area contributed by atoms with Crippen LogP contribution >= 0.6 is 27.5 Å². The summed E-state index contributed by atoms with van der Waals surface area (Å²) in [5.41, 5.74) is 2.83. The summed E-state index contributed by atoms with van der Waals surface area (Å²) in [5.74, 6) is 0.00601. The number of ether oxygens (including phenoxy) is 2. The molecule has 3 rings (SSSR count). The minimum Gasteiger partial charge on any atom is -0.493 e. The topological polar surface area (TPSA) is 79.5 Å². The molecule has 0 aliphatic rings. The van der Waals surface area contributed by atoms with Crippen LogP contribution in [0.3, 0.4) is 0 Å².